The minimum absolute atomic E-state index is 0.0874. The summed E-state index contributed by atoms with van der Waals surface area (Å²) in [7, 11) is -2.69. The third-order valence-electron chi connectivity index (χ3n) is 6.96. The Labute approximate surface area is 241 Å². The normalized spacial score (nSPS) is 18.3. The average molecular weight is 610 g/mol. The van der Waals surface area contributed by atoms with Crippen molar-refractivity contribution in [3.8, 4) is 16.9 Å². The maximum atomic E-state index is 13.9. The number of aliphatic carboxylic acids is 1. The summed E-state index contributed by atoms with van der Waals surface area (Å²) >= 11 is 12.1. The number of carboxylic acid groups (broad SMARTS) is 1. The Morgan fingerprint density at radius 2 is 1.75 bits per heavy atom. The van der Waals surface area contributed by atoms with Crippen LogP contribution in [0.5, 0.6) is 5.75 Å². The van der Waals surface area contributed by atoms with Gasteiger partial charge in [0.05, 0.1) is 24.5 Å². The zero-order valence-electron chi connectivity index (χ0n) is 21.7. The highest BCUT2D eigenvalue weighted by Crippen LogP contribution is 2.37. The maximum Gasteiger partial charge on any atom is 0.305 e. The number of carboxylic acids is 1. The van der Waals surface area contributed by atoms with Crippen LogP contribution < -0.4 is 10.1 Å². The summed E-state index contributed by atoms with van der Waals surface area (Å²) < 4.78 is 47.4. The van der Waals surface area contributed by atoms with Gasteiger partial charge in [0.15, 0.2) is 0 Å². The number of hydrogen-bond acceptors (Lipinski definition) is 5. The molecule has 3 aromatic rings. The number of rotatable bonds is 9. The van der Waals surface area contributed by atoms with Gasteiger partial charge in [0.1, 0.15) is 17.1 Å². The Hall–Kier alpha value is -3.18. The molecule has 1 aliphatic heterocycles. The minimum Gasteiger partial charge on any atom is -0.496 e. The van der Waals surface area contributed by atoms with Gasteiger partial charge in [0.25, 0.3) is 0 Å². The fourth-order valence-corrected chi connectivity index (χ4v) is 7.43. The zero-order valence-corrected chi connectivity index (χ0v) is 24.0. The second-order valence-electron chi connectivity index (χ2n) is 9.65. The first-order valence-corrected chi connectivity index (χ1v) is 14.5. The molecule has 0 radical (unpaired) electrons. The van der Waals surface area contributed by atoms with Crippen LogP contribution in [-0.4, -0.2) is 48.9 Å². The highest BCUT2D eigenvalue weighted by Gasteiger charge is 2.50. The van der Waals surface area contributed by atoms with E-state index in [-0.39, 0.29) is 27.9 Å². The van der Waals surface area contributed by atoms with E-state index in [1.54, 1.807) is 24.3 Å². The van der Waals surface area contributed by atoms with Gasteiger partial charge in [0, 0.05) is 22.2 Å². The van der Waals surface area contributed by atoms with Gasteiger partial charge in [-0.2, -0.15) is 4.31 Å². The van der Waals surface area contributed by atoms with E-state index in [0.29, 0.717) is 28.9 Å². The van der Waals surface area contributed by atoms with Gasteiger partial charge in [-0.05, 0) is 67.3 Å². The molecule has 12 heteroatoms. The SMILES string of the molecule is COc1ccc(F)cc1-c1ccc([C@@H](CC(=O)O)NC(=O)[C@]2(C)CCCN2S(=O)(=O)c2cc(Cl)cc(Cl)c2)cc1. The molecule has 212 valence electrons. The number of methoxy groups -OCH3 is 1. The summed E-state index contributed by atoms with van der Waals surface area (Å²) in [5.41, 5.74) is 0.126. The lowest BCUT2D eigenvalue weighted by Gasteiger charge is -2.34. The molecule has 1 amide bonds. The van der Waals surface area contributed by atoms with Crippen LogP contribution in [-0.2, 0) is 19.6 Å². The maximum absolute atomic E-state index is 13.9. The molecular formula is C28H27Cl2FN2O6S. The quantitative estimate of drug-likeness (QED) is 0.323. The van der Waals surface area contributed by atoms with Crippen molar-refractivity contribution < 1.29 is 32.2 Å². The van der Waals surface area contributed by atoms with Crippen LogP contribution in [0.2, 0.25) is 10.0 Å². The van der Waals surface area contributed by atoms with Gasteiger partial charge in [-0.15, -0.1) is 0 Å². The molecule has 0 saturated carbocycles. The van der Waals surface area contributed by atoms with Crippen molar-refractivity contribution in [3.63, 3.8) is 0 Å². The molecule has 0 bridgehead atoms. The van der Waals surface area contributed by atoms with Crippen LogP contribution in [0.3, 0.4) is 0 Å². The van der Waals surface area contributed by atoms with Crippen LogP contribution in [0.4, 0.5) is 4.39 Å². The topological polar surface area (TPSA) is 113 Å². The molecule has 1 aliphatic rings. The molecule has 2 N–H and O–H groups in total. The Bertz CT molecular complexity index is 1530. The first kappa shape index (κ1) is 29.8. The Morgan fingerprint density at radius 3 is 2.35 bits per heavy atom. The van der Waals surface area contributed by atoms with Crippen molar-refractivity contribution in [2.75, 3.05) is 13.7 Å². The molecule has 40 heavy (non-hydrogen) atoms. The van der Waals surface area contributed by atoms with E-state index >= 15 is 0 Å². The van der Waals surface area contributed by atoms with E-state index in [9.17, 15) is 27.5 Å². The number of hydrogen-bond donors (Lipinski definition) is 2. The van der Waals surface area contributed by atoms with Crippen molar-refractivity contribution in [3.05, 3.63) is 82.1 Å². The number of sulfonamides is 1. The van der Waals surface area contributed by atoms with E-state index in [4.69, 9.17) is 27.9 Å². The van der Waals surface area contributed by atoms with Crippen molar-refractivity contribution in [1.82, 2.24) is 9.62 Å². The molecule has 1 saturated heterocycles. The first-order valence-electron chi connectivity index (χ1n) is 12.3. The predicted molar refractivity (Wildman–Crippen MR) is 150 cm³/mol. The highest BCUT2D eigenvalue weighted by atomic mass is 35.5. The standard InChI is InChI=1S/C28H27Cl2FN2O6S/c1-28(10-3-11-33(28)40(37,38)22-13-19(29)12-20(30)14-22)27(36)32-24(16-26(34)35)18-6-4-17(5-7-18)23-15-21(31)8-9-25(23)39-2/h4-9,12-15,24H,3,10-11,16H2,1-2H3,(H,32,36)(H,34,35)/t24-,28+/m1/s1. The molecular weight excluding hydrogens is 582 g/mol. The smallest absolute Gasteiger partial charge is 0.305 e. The lowest BCUT2D eigenvalue weighted by atomic mass is 9.95. The largest absolute Gasteiger partial charge is 0.496 e. The first-order chi connectivity index (χ1) is 18.8. The second kappa shape index (κ2) is 11.7. The number of benzene rings is 3. The van der Waals surface area contributed by atoms with Crippen molar-refractivity contribution >= 4 is 45.1 Å². The fraction of sp³-hybridized carbons (Fsp3) is 0.286. The van der Waals surface area contributed by atoms with E-state index in [0.717, 1.165) is 4.31 Å². The number of carbonyl (C=O) groups excluding carboxylic acids is 1. The molecule has 1 heterocycles. The van der Waals surface area contributed by atoms with E-state index < -0.39 is 45.7 Å². The Balaban J connectivity index is 1.62. The van der Waals surface area contributed by atoms with Gasteiger partial charge in [0.2, 0.25) is 15.9 Å². The number of ether oxygens (including phenoxy) is 1. The van der Waals surface area contributed by atoms with Gasteiger partial charge in [-0.25, -0.2) is 12.8 Å². The second-order valence-corrected chi connectivity index (χ2v) is 12.4. The number of carbonyl (C=O) groups is 2. The van der Waals surface area contributed by atoms with Gasteiger partial charge in [-0.1, -0.05) is 47.5 Å². The zero-order chi connectivity index (χ0) is 29.2. The summed E-state index contributed by atoms with van der Waals surface area (Å²) in [6.45, 7) is 1.60. The summed E-state index contributed by atoms with van der Waals surface area (Å²) in [4.78, 5) is 25.2. The molecule has 0 aromatic heterocycles. The van der Waals surface area contributed by atoms with E-state index in [1.807, 2.05) is 0 Å². The highest BCUT2D eigenvalue weighted by molar-refractivity contribution is 7.89. The molecule has 3 aromatic carbocycles. The van der Waals surface area contributed by atoms with Crippen LogP contribution >= 0.6 is 23.2 Å². The third-order valence-corrected chi connectivity index (χ3v) is 9.39. The summed E-state index contributed by atoms with van der Waals surface area (Å²) in [6, 6.07) is 13.7. The number of nitrogens with one attached hydrogen (secondary N) is 1. The summed E-state index contributed by atoms with van der Waals surface area (Å²) in [5.74, 6) is -1.78. The lowest BCUT2D eigenvalue weighted by Crippen LogP contribution is -2.55. The van der Waals surface area contributed by atoms with Crippen molar-refractivity contribution in [2.45, 2.75) is 42.7 Å². The van der Waals surface area contributed by atoms with Gasteiger partial charge >= 0.3 is 5.97 Å². The minimum atomic E-state index is -4.16. The van der Waals surface area contributed by atoms with Gasteiger partial charge in [-0.3, -0.25) is 9.59 Å². The van der Waals surface area contributed by atoms with Crippen LogP contribution in [0.25, 0.3) is 11.1 Å². The molecule has 0 unspecified atom stereocenters. The molecule has 8 nitrogen and oxygen atoms in total. The van der Waals surface area contributed by atoms with Crippen molar-refractivity contribution in [1.29, 1.82) is 0 Å². The Morgan fingerprint density at radius 1 is 1.10 bits per heavy atom. The summed E-state index contributed by atoms with van der Waals surface area (Å²) in [5, 5.41) is 12.6. The van der Waals surface area contributed by atoms with Crippen LogP contribution in [0.15, 0.2) is 65.6 Å². The van der Waals surface area contributed by atoms with Crippen molar-refractivity contribution in [2.24, 2.45) is 0 Å². The number of amides is 1. The number of halogens is 3. The monoisotopic (exact) mass is 608 g/mol. The number of nitrogens with zero attached hydrogens (tertiary/aromatic N) is 1. The summed E-state index contributed by atoms with van der Waals surface area (Å²) in [6.07, 6.45) is 0.205. The third kappa shape index (κ3) is 6.10. The molecule has 2 atom stereocenters. The molecule has 0 spiro atoms. The molecule has 0 aliphatic carbocycles. The van der Waals surface area contributed by atoms with E-state index in [2.05, 4.69) is 5.32 Å². The van der Waals surface area contributed by atoms with Gasteiger partial charge < -0.3 is 15.2 Å². The lowest BCUT2D eigenvalue weighted by molar-refractivity contribution is -0.138. The fourth-order valence-electron chi connectivity index (χ4n) is 4.90. The average Bonchev–Trinajstić information content (AvgIpc) is 3.31. The van der Waals surface area contributed by atoms with E-state index in [1.165, 1.54) is 50.4 Å². The Kier molecular flexibility index (Phi) is 8.75. The molecule has 4 rings (SSSR count). The van der Waals surface area contributed by atoms with Crippen LogP contribution in [0.1, 0.15) is 37.8 Å². The predicted octanol–water partition coefficient (Wildman–Crippen LogP) is 5.68. The molecule has 1 fully saturated rings. The van der Waals surface area contributed by atoms with Crippen LogP contribution in [0, 0.1) is 5.82 Å².